The lowest BCUT2D eigenvalue weighted by molar-refractivity contribution is -0.154. The molecule has 8 heteroatoms. The summed E-state index contributed by atoms with van der Waals surface area (Å²) in [4.78, 5) is 38.8. The molecule has 0 spiro atoms. The summed E-state index contributed by atoms with van der Waals surface area (Å²) in [7, 11) is 4.18. The fraction of sp³-hybridized carbons (Fsp3) is 0.826. The van der Waals surface area contributed by atoms with Crippen LogP contribution in [0.1, 0.15) is 87.5 Å². The lowest BCUT2D eigenvalue weighted by Gasteiger charge is -2.50. The third-order valence-corrected chi connectivity index (χ3v) is 7.02. The molecule has 0 bridgehead atoms. The number of carbonyl (C=O) groups is 2. The zero-order valence-electron chi connectivity index (χ0n) is 21.0. The SMILES string of the molecule is CN1C(C)(C)CC(=NOC(=O)CC(=O)ON=C2CC(C)(C)N(C)C(C)(C)C2)CC1(C)C. The maximum Gasteiger partial charge on any atom is 0.346 e. The van der Waals surface area contributed by atoms with Gasteiger partial charge in [0.1, 0.15) is 6.42 Å². The molecule has 2 aliphatic heterocycles. The molecular formula is C23H40N4O4. The van der Waals surface area contributed by atoms with Crippen molar-refractivity contribution in [3.05, 3.63) is 0 Å². The van der Waals surface area contributed by atoms with Crippen molar-refractivity contribution >= 4 is 23.4 Å². The van der Waals surface area contributed by atoms with Gasteiger partial charge in [-0.25, -0.2) is 9.59 Å². The second-order valence-corrected chi connectivity index (χ2v) is 11.5. The molecule has 0 saturated carbocycles. The molecule has 2 aliphatic rings. The van der Waals surface area contributed by atoms with Crippen molar-refractivity contribution in [2.75, 3.05) is 14.1 Å². The van der Waals surface area contributed by atoms with Crippen LogP contribution in [0, 0.1) is 0 Å². The molecular weight excluding hydrogens is 396 g/mol. The van der Waals surface area contributed by atoms with E-state index in [-0.39, 0.29) is 22.2 Å². The highest BCUT2D eigenvalue weighted by molar-refractivity contribution is 5.93. The zero-order valence-corrected chi connectivity index (χ0v) is 21.0. The monoisotopic (exact) mass is 436 g/mol. The highest BCUT2D eigenvalue weighted by Gasteiger charge is 2.43. The standard InChI is InChI=1S/C23H40N4O4/c1-20(2)12-16(13-21(3,4)26(20)9)24-30-18(28)11-19(29)31-25-17-14-22(5,6)27(10)23(7,8)15-17/h11-15H2,1-10H3. The summed E-state index contributed by atoms with van der Waals surface area (Å²) in [6, 6.07) is 0. The summed E-state index contributed by atoms with van der Waals surface area (Å²) >= 11 is 0. The van der Waals surface area contributed by atoms with Crippen LogP contribution in [-0.4, -0.2) is 69.4 Å². The summed E-state index contributed by atoms with van der Waals surface area (Å²) in [5, 5.41) is 8.10. The van der Waals surface area contributed by atoms with E-state index in [4.69, 9.17) is 9.68 Å². The topological polar surface area (TPSA) is 83.8 Å². The molecule has 0 unspecified atom stereocenters. The summed E-state index contributed by atoms with van der Waals surface area (Å²) in [6.45, 7) is 17.1. The van der Waals surface area contributed by atoms with E-state index < -0.39 is 18.4 Å². The van der Waals surface area contributed by atoms with Gasteiger partial charge in [0.15, 0.2) is 0 Å². The second kappa shape index (κ2) is 8.62. The minimum Gasteiger partial charge on any atom is -0.318 e. The lowest BCUT2D eigenvalue weighted by atomic mass is 9.79. The Kier molecular flexibility index (Phi) is 7.08. The largest absolute Gasteiger partial charge is 0.346 e. The number of carbonyl (C=O) groups excluding carboxylic acids is 2. The Balaban J connectivity index is 1.91. The first kappa shape index (κ1) is 25.5. The Bertz CT molecular complexity index is 676. The number of hydrogen-bond donors (Lipinski definition) is 0. The Labute approximate surface area is 187 Å². The number of rotatable bonds is 4. The number of hydrogen-bond acceptors (Lipinski definition) is 8. The van der Waals surface area contributed by atoms with Gasteiger partial charge < -0.3 is 9.68 Å². The van der Waals surface area contributed by atoms with E-state index >= 15 is 0 Å². The molecule has 0 aromatic heterocycles. The maximum atomic E-state index is 12.1. The number of nitrogens with zero attached hydrogens (tertiary/aromatic N) is 4. The molecule has 2 saturated heterocycles. The van der Waals surface area contributed by atoms with Crippen molar-refractivity contribution in [2.24, 2.45) is 10.3 Å². The average Bonchev–Trinajstić information content (AvgIpc) is 2.60. The van der Waals surface area contributed by atoms with Crippen LogP contribution in [0.3, 0.4) is 0 Å². The molecule has 8 nitrogen and oxygen atoms in total. The average molecular weight is 437 g/mol. The van der Waals surface area contributed by atoms with E-state index in [1.54, 1.807) is 0 Å². The maximum absolute atomic E-state index is 12.1. The predicted octanol–water partition coefficient (Wildman–Crippen LogP) is 3.74. The van der Waals surface area contributed by atoms with Gasteiger partial charge in [0, 0.05) is 47.8 Å². The van der Waals surface area contributed by atoms with Gasteiger partial charge in [-0.05, 0) is 69.5 Å². The summed E-state index contributed by atoms with van der Waals surface area (Å²) in [5.74, 6) is -1.48. The van der Waals surface area contributed by atoms with Gasteiger partial charge in [0.2, 0.25) is 0 Å². The van der Waals surface area contributed by atoms with Crippen molar-refractivity contribution in [2.45, 2.75) is 110 Å². The first-order valence-corrected chi connectivity index (χ1v) is 11.0. The first-order valence-electron chi connectivity index (χ1n) is 11.0. The van der Waals surface area contributed by atoms with Crippen LogP contribution < -0.4 is 0 Å². The normalized spacial score (nSPS) is 25.0. The van der Waals surface area contributed by atoms with Crippen LogP contribution in [0.5, 0.6) is 0 Å². The highest BCUT2D eigenvalue weighted by Crippen LogP contribution is 2.36. The molecule has 0 amide bonds. The minimum atomic E-state index is -0.740. The molecule has 2 fully saturated rings. The smallest absolute Gasteiger partial charge is 0.318 e. The van der Waals surface area contributed by atoms with Gasteiger partial charge in [-0.2, -0.15) is 0 Å². The summed E-state index contributed by atoms with van der Waals surface area (Å²) < 4.78 is 0. The number of piperidine rings is 2. The zero-order chi connectivity index (χ0) is 23.8. The molecule has 0 N–H and O–H groups in total. The Morgan fingerprint density at radius 2 is 0.935 bits per heavy atom. The molecule has 2 heterocycles. The Morgan fingerprint density at radius 1 is 0.677 bits per heavy atom. The first-order chi connectivity index (χ1) is 14.0. The number of likely N-dealkylation sites (tertiary alicyclic amines) is 2. The van der Waals surface area contributed by atoms with E-state index in [1.807, 2.05) is 0 Å². The van der Waals surface area contributed by atoms with Crippen LogP contribution in [0.2, 0.25) is 0 Å². The quantitative estimate of drug-likeness (QED) is 0.379. The van der Waals surface area contributed by atoms with Crippen molar-refractivity contribution in [3.63, 3.8) is 0 Å². The fourth-order valence-corrected chi connectivity index (χ4v) is 4.78. The van der Waals surface area contributed by atoms with Crippen molar-refractivity contribution in [1.29, 1.82) is 0 Å². The van der Waals surface area contributed by atoms with E-state index in [0.717, 1.165) is 11.4 Å². The van der Waals surface area contributed by atoms with E-state index in [9.17, 15) is 9.59 Å². The van der Waals surface area contributed by atoms with E-state index in [1.165, 1.54) is 0 Å². The lowest BCUT2D eigenvalue weighted by Crippen LogP contribution is -2.58. The molecule has 0 radical (unpaired) electrons. The third-order valence-electron chi connectivity index (χ3n) is 7.02. The molecule has 0 aromatic rings. The van der Waals surface area contributed by atoms with Crippen LogP contribution in [0.15, 0.2) is 10.3 Å². The second-order valence-electron chi connectivity index (χ2n) is 11.5. The Hall–Kier alpha value is -1.80. The van der Waals surface area contributed by atoms with Gasteiger partial charge in [0.05, 0.1) is 11.4 Å². The van der Waals surface area contributed by atoms with Crippen LogP contribution in [0.4, 0.5) is 0 Å². The minimum absolute atomic E-state index is 0.0996. The third kappa shape index (κ3) is 6.13. The molecule has 176 valence electrons. The highest BCUT2D eigenvalue weighted by atomic mass is 16.7. The van der Waals surface area contributed by atoms with E-state index in [2.05, 4.69) is 89.6 Å². The van der Waals surface area contributed by atoms with Crippen LogP contribution in [-0.2, 0) is 19.3 Å². The van der Waals surface area contributed by atoms with Gasteiger partial charge in [-0.15, -0.1) is 0 Å². The van der Waals surface area contributed by atoms with E-state index in [0.29, 0.717) is 25.7 Å². The van der Waals surface area contributed by atoms with Gasteiger partial charge in [-0.3, -0.25) is 9.80 Å². The van der Waals surface area contributed by atoms with Gasteiger partial charge >= 0.3 is 11.9 Å². The van der Waals surface area contributed by atoms with Crippen LogP contribution in [0.25, 0.3) is 0 Å². The molecule has 0 aliphatic carbocycles. The molecule has 0 aromatic carbocycles. The van der Waals surface area contributed by atoms with Crippen LogP contribution >= 0.6 is 0 Å². The Morgan fingerprint density at radius 3 is 1.19 bits per heavy atom. The van der Waals surface area contributed by atoms with Gasteiger partial charge in [-0.1, -0.05) is 10.3 Å². The molecule has 0 atom stereocenters. The van der Waals surface area contributed by atoms with Crippen molar-refractivity contribution < 1.29 is 19.3 Å². The summed E-state index contributed by atoms with van der Waals surface area (Å²) in [5.41, 5.74) is 1.22. The molecule has 2 rings (SSSR count). The predicted molar refractivity (Wildman–Crippen MR) is 122 cm³/mol. The fourth-order valence-electron chi connectivity index (χ4n) is 4.78. The summed E-state index contributed by atoms with van der Waals surface area (Å²) in [6.07, 6.45) is 2.25. The molecule has 31 heavy (non-hydrogen) atoms. The van der Waals surface area contributed by atoms with Crippen molar-refractivity contribution in [1.82, 2.24) is 9.80 Å². The van der Waals surface area contributed by atoms with Gasteiger partial charge in [0.25, 0.3) is 0 Å². The number of oxime groups is 2. The van der Waals surface area contributed by atoms with Crippen molar-refractivity contribution in [3.8, 4) is 0 Å².